The number of nitrogens with zero attached hydrogens (tertiary/aromatic N) is 1. The normalized spacial score (nSPS) is 10.5. The maximum absolute atomic E-state index is 13.8. The van der Waals surface area contributed by atoms with Gasteiger partial charge in [0.05, 0.1) is 18.4 Å². The molecule has 1 aromatic carbocycles. The van der Waals surface area contributed by atoms with Crippen molar-refractivity contribution in [3.05, 3.63) is 47.5 Å². The van der Waals surface area contributed by atoms with Crippen molar-refractivity contribution in [2.24, 2.45) is 0 Å². The number of nitrogens with one attached hydrogen (secondary N) is 1. The van der Waals surface area contributed by atoms with Crippen LogP contribution < -0.4 is 9.46 Å². The average Bonchev–Trinajstić information content (AvgIpc) is 2.55. The van der Waals surface area contributed by atoms with Gasteiger partial charge in [-0.3, -0.25) is 4.72 Å². The number of methoxy groups -OCH3 is 1. The maximum Gasteiger partial charge on any atom is 0.338 e. The van der Waals surface area contributed by atoms with Crippen molar-refractivity contribution in [2.75, 3.05) is 11.8 Å². The van der Waals surface area contributed by atoms with Crippen molar-refractivity contribution in [3.8, 4) is 17.6 Å². The molecule has 0 amide bonds. The molecule has 1 aromatic heterocycles. The van der Waals surface area contributed by atoms with E-state index in [1.54, 1.807) is 6.92 Å². The lowest BCUT2D eigenvalue weighted by atomic mass is 10.2. The zero-order valence-corrected chi connectivity index (χ0v) is 14.0. The Balaban J connectivity index is 2.41. The van der Waals surface area contributed by atoms with E-state index in [1.807, 2.05) is 0 Å². The van der Waals surface area contributed by atoms with Crippen LogP contribution in [0.15, 0.2) is 35.4 Å². The van der Waals surface area contributed by atoms with Gasteiger partial charge in [-0.2, -0.15) is 0 Å². The van der Waals surface area contributed by atoms with Gasteiger partial charge in [0, 0.05) is 12.3 Å². The van der Waals surface area contributed by atoms with E-state index in [0.29, 0.717) is 5.69 Å². The van der Waals surface area contributed by atoms with Gasteiger partial charge < -0.3 is 9.84 Å². The summed E-state index contributed by atoms with van der Waals surface area (Å²) in [5.41, 5.74) is -0.470. The molecule has 7 nitrogen and oxygen atoms in total. The number of carbonyl (C=O) groups is 1. The number of aromatic nitrogens is 1. The number of ether oxygens (including phenoxy) is 1. The van der Waals surface area contributed by atoms with Gasteiger partial charge in [0.15, 0.2) is 0 Å². The number of hydrogen-bond acceptors (Lipinski definition) is 5. The molecule has 2 aromatic rings. The molecule has 0 saturated carbocycles. The minimum Gasteiger partial charge on any atom is -0.495 e. The molecule has 2 N–H and O–H groups in total. The molecule has 0 aliphatic heterocycles. The number of anilines is 1. The summed E-state index contributed by atoms with van der Waals surface area (Å²) < 4.78 is 45.7. The van der Waals surface area contributed by atoms with E-state index in [4.69, 9.17) is 9.84 Å². The molecular formula is C16H13FN2O5S. The summed E-state index contributed by atoms with van der Waals surface area (Å²) in [4.78, 5) is 14.7. The summed E-state index contributed by atoms with van der Waals surface area (Å²) in [5, 5.41) is 8.90. The molecule has 0 aliphatic rings. The molecule has 0 radical (unpaired) electrons. The summed E-state index contributed by atoms with van der Waals surface area (Å²) in [7, 11) is -2.88. The molecule has 0 fully saturated rings. The first-order valence-electron chi connectivity index (χ1n) is 6.81. The summed E-state index contributed by atoms with van der Waals surface area (Å²) in [6.45, 7) is 1.62. The Bertz CT molecular complexity index is 976. The van der Waals surface area contributed by atoms with Gasteiger partial charge in [0.25, 0.3) is 10.0 Å². The number of benzene rings is 1. The molecule has 0 atom stereocenters. The van der Waals surface area contributed by atoms with E-state index in [0.717, 1.165) is 18.3 Å². The molecule has 0 saturated heterocycles. The fourth-order valence-corrected chi connectivity index (χ4v) is 2.92. The van der Waals surface area contributed by atoms with Crippen molar-refractivity contribution in [1.29, 1.82) is 0 Å². The van der Waals surface area contributed by atoms with Crippen molar-refractivity contribution < 1.29 is 27.4 Å². The second-order valence-electron chi connectivity index (χ2n) is 4.70. The van der Waals surface area contributed by atoms with Crippen molar-refractivity contribution in [1.82, 2.24) is 4.98 Å². The SMILES string of the molecule is CC#Cc1ccc(S(=O)(=O)Nc2cc(F)c(C(=O)O)cc2OC)cn1. The summed E-state index contributed by atoms with van der Waals surface area (Å²) in [6.07, 6.45) is 1.11. The van der Waals surface area contributed by atoms with Crippen LogP contribution in [0.5, 0.6) is 5.75 Å². The Morgan fingerprint density at radius 2 is 2.08 bits per heavy atom. The number of aromatic carboxylic acids is 1. The molecular weight excluding hydrogens is 351 g/mol. The van der Waals surface area contributed by atoms with Crippen molar-refractivity contribution in [3.63, 3.8) is 0 Å². The number of pyridine rings is 1. The van der Waals surface area contributed by atoms with Gasteiger partial charge in [-0.05, 0) is 31.0 Å². The first kappa shape index (κ1) is 18.2. The largest absolute Gasteiger partial charge is 0.495 e. The van der Waals surface area contributed by atoms with Crippen molar-refractivity contribution >= 4 is 21.7 Å². The van der Waals surface area contributed by atoms with E-state index in [9.17, 15) is 17.6 Å². The minimum absolute atomic E-state index is 0.135. The number of rotatable bonds is 5. The predicted octanol–water partition coefficient (Wildman–Crippen LogP) is 2.10. The highest BCUT2D eigenvalue weighted by atomic mass is 32.2. The smallest absolute Gasteiger partial charge is 0.338 e. The number of halogens is 1. The Morgan fingerprint density at radius 3 is 2.60 bits per heavy atom. The van der Waals surface area contributed by atoms with Crippen LogP contribution in [-0.4, -0.2) is 31.6 Å². The van der Waals surface area contributed by atoms with Crippen molar-refractivity contribution in [2.45, 2.75) is 11.8 Å². The van der Waals surface area contributed by atoms with Crippen LogP contribution in [0.1, 0.15) is 23.0 Å². The Morgan fingerprint density at radius 1 is 1.36 bits per heavy atom. The molecule has 0 aliphatic carbocycles. The second-order valence-corrected chi connectivity index (χ2v) is 6.38. The van der Waals surface area contributed by atoms with E-state index in [2.05, 4.69) is 21.5 Å². The maximum atomic E-state index is 13.8. The molecule has 9 heteroatoms. The fraction of sp³-hybridized carbons (Fsp3) is 0.125. The summed E-state index contributed by atoms with van der Waals surface area (Å²) in [5.74, 6) is 2.58. The molecule has 2 rings (SSSR count). The third-order valence-corrected chi connectivity index (χ3v) is 4.41. The van der Waals surface area contributed by atoms with Crippen LogP contribution in [0.4, 0.5) is 10.1 Å². The number of carboxylic acids is 1. The van der Waals surface area contributed by atoms with Gasteiger partial charge in [-0.15, -0.1) is 0 Å². The standard InChI is InChI=1S/C16H13FN2O5S/c1-3-4-10-5-6-11(9-18-10)25(22,23)19-14-8-13(17)12(16(20)21)7-15(14)24-2/h5-9,19H,1-2H3,(H,20,21). The lowest BCUT2D eigenvalue weighted by Gasteiger charge is -2.13. The van der Waals surface area contributed by atoms with Gasteiger partial charge in [0.2, 0.25) is 0 Å². The lowest BCUT2D eigenvalue weighted by molar-refractivity contribution is 0.0691. The Hall–Kier alpha value is -3.12. The second kappa shape index (κ2) is 7.19. The Kier molecular flexibility index (Phi) is 5.24. The fourth-order valence-electron chi connectivity index (χ4n) is 1.91. The van der Waals surface area contributed by atoms with E-state index in [-0.39, 0.29) is 16.3 Å². The van der Waals surface area contributed by atoms with Gasteiger partial charge in [-0.1, -0.05) is 5.92 Å². The zero-order chi connectivity index (χ0) is 18.6. The van der Waals surface area contributed by atoms with E-state index >= 15 is 0 Å². The van der Waals surface area contributed by atoms with Crippen LogP contribution in [0, 0.1) is 17.7 Å². The average molecular weight is 364 g/mol. The number of hydrogen-bond donors (Lipinski definition) is 2. The van der Waals surface area contributed by atoms with E-state index in [1.165, 1.54) is 19.2 Å². The monoisotopic (exact) mass is 364 g/mol. The van der Waals surface area contributed by atoms with Crippen LogP contribution in [0.25, 0.3) is 0 Å². The molecule has 1 heterocycles. The highest BCUT2D eigenvalue weighted by Gasteiger charge is 2.21. The quantitative estimate of drug-likeness (QED) is 0.787. The minimum atomic E-state index is -4.08. The molecule has 0 bridgehead atoms. The number of carboxylic acid groups (broad SMARTS) is 1. The predicted molar refractivity (Wildman–Crippen MR) is 87.5 cm³/mol. The lowest BCUT2D eigenvalue weighted by Crippen LogP contribution is -2.15. The van der Waals surface area contributed by atoms with Crippen LogP contribution in [0.3, 0.4) is 0 Å². The number of sulfonamides is 1. The third-order valence-electron chi connectivity index (χ3n) is 3.06. The molecule has 0 spiro atoms. The Labute approximate surface area is 143 Å². The summed E-state index contributed by atoms with van der Waals surface area (Å²) >= 11 is 0. The molecule has 25 heavy (non-hydrogen) atoms. The van der Waals surface area contributed by atoms with Gasteiger partial charge in [0.1, 0.15) is 22.2 Å². The topological polar surface area (TPSA) is 106 Å². The summed E-state index contributed by atoms with van der Waals surface area (Å²) in [6, 6.07) is 4.36. The zero-order valence-electron chi connectivity index (χ0n) is 13.2. The third kappa shape index (κ3) is 4.05. The van der Waals surface area contributed by atoms with Crippen LogP contribution in [0.2, 0.25) is 0 Å². The van der Waals surface area contributed by atoms with E-state index < -0.39 is 27.4 Å². The first-order chi connectivity index (χ1) is 11.8. The molecule has 0 unspecified atom stereocenters. The highest BCUT2D eigenvalue weighted by Crippen LogP contribution is 2.30. The van der Waals surface area contributed by atoms with Crippen LogP contribution >= 0.6 is 0 Å². The highest BCUT2D eigenvalue weighted by molar-refractivity contribution is 7.92. The van der Waals surface area contributed by atoms with Gasteiger partial charge >= 0.3 is 5.97 Å². The first-order valence-corrected chi connectivity index (χ1v) is 8.29. The molecule has 130 valence electrons. The van der Waals surface area contributed by atoms with Gasteiger partial charge in [-0.25, -0.2) is 22.6 Å². The van der Waals surface area contributed by atoms with Crippen LogP contribution in [-0.2, 0) is 10.0 Å².